The number of benzene rings is 2. The molecule has 1 amide bonds. The molecule has 0 bridgehead atoms. The van der Waals surface area contributed by atoms with Crippen LogP contribution in [0.4, 0.5) is 0 Å². The van der Waals surface area contributed by atoms with Crippen LogP contribution in [0.15, 0.2) is 60.9 Å². The number of nitrogens with zero attached hydrogens (tertiary/aromatic N) is 2. The fourth-order valence-corrected chi connectivity index (χ4v) is 2.52. The van der Waals surface area contributed by atoms with Crippen molar-refractivity contribution in [3.8, 4) is 17.2 Å². The Balaban J connectivity index is 1.70. The molecule has 128 valence electrons. The first-order valence-corrected chi connectivity index (χ1v) is 7.81. The number of carbonyl (C=O) groups excluding carboxylic acids is 1. The van der Waals surface area contributed by atoms with Crippen LogP contribution in [0.5, 0.6) is 11.5 Å². The summed E-state index contributed by atoms with van der Waals surface area (Å²) in [4.78, 5) is 12.5. The predicted octanol–water partition coefficient (Wildman–Crippen LogP) is 2.82. The van der Waals surface area contributed by atoms with Gasteiger partial charge in [-0.15, -0.1) is 0 Å². The second-order valence-electron chi connectivity index (χ2n) is 5.35. The van der Waals surface area contributed by atoms with E-state index in [1.54, 1.807) is 29.1 Å². The molecule has 1 N–H and O–H groups in total. The minimum Gasteiger partial charge on any atom is -0.493 e. The van der Waals surface area contributed by atoms with Gasteiger partial charge in [-0.2, -0.15) is 5.10 Å². The number of para-hydroxylation sites is 2. The largest absolute Gasteiger partial charge is 0.493 e. The highest BCUT2D eigenvalue weighted by atomic mass is 16.5. The SMILES string of the molecule is COc1cccc(C(=O)NCc2cnn(-c3ccccc3)c2)c1OC. The van der Waals surface area contributed by atoms with E-state index in [0.717, 1.165) is 11.3 Å². The number of amides is 1. The monoisotopic (exact) mass is 337 g/mol. The Kier molecular flexibility index (Phi) is 4.99. The molecular formula is C19H19N3O3. The Morgan fingerprint density at radius 1 is 1.08 bits per heavy atom. The lowest BCUT2D eigenvalue weighted by atomic mass is 10.1. The summed E-state index contributed by atoms with van der Waals surface area (Å²) in [6, 6.07) is 15.0. The number of carbonyl (C=O) groups is 1. The molecule has 0 unspecified atom stereocenters. The van der Waals surface area contributed by atoms with Gasteiger partial charge in [-0.25, -0.2) is 4.68 Å². The van der Waals surface area contributed by atoms with E-state index < -0.39 is 0 Å². The van der Waals surface area contributed by atoms with Crippen LogP contribution in [0.3, 0.4) is 0 Å². The van der Waals surface area contributed by atoms with E-state index in [1.807, 2.05) is 36.5 Å². The zero-order valence-electron chi connectivity index (χ0n) is 14.1. The molecule has 0 saturated carbocycles. The Bertz CT molecular complexity index is 859. The lowest BCUT2D eigenvalue weighted by molar-refractivity contribution is 0.0947. The number of methoxy groups -OCH3 is 2. The Morgan fingerprint density at radius 3 is 2.60 bits per heavy atom. The highest BCUT2D eigenvalue weighted by molar-refractivity contribution is 5.97. The molecule has 0 aliphatic rings. The minimum atomic E-state index is -0.233. The van der Waals surface area contributed by atoms with Crippen molar-refractivity contribution in [1.29, 1.82) is 0 Å². The van der Waals surface area contributed by atoms with Crippen LogP contribution >= 0.6 is 0 Å². The van der Waals surface area contributed by atoms with Crippen LogP contribution < -0.4 is 14.8 Å². The van der Waals surface area contributed by atoms with E-state index in [-0.39, 0.29) is 5.91 Å². The van der Waals surface area contributed by atoms with Crippen molar-refractivity contribution in [2.24, 2.45) is 0 Å². The van der Waals surface area contributed by atoms with Crippen molar-refractivity contribution < 1.29 is 14.3 Å². The van der Waals surface area contributed by atoms with Crippen molar-refractivity contribution >= 4 is 5.91 Å². The molecule has 3 aromatic rings. The molecule has 25 heavy (non-hydrogen) atoms. The summed E-state index contributed by atoms with van der Waals surface area (Å²) < 4.78 is 12.3. The maximum atomic E-state index is 12.5. The molecule has 6 nitrogen and oxygen atoms in total. The quantitative estimate of drug-likeness (QED) is 0.751. The van der Waals surface area contributed by atoms with Gasteiger partial charge >= 0.3 is 0 Å². The van der Waals surface area contributed by atoms with Gasteiger partial charge < -0.3 is 14.8 Å². The number of aromatic nitrogens is 2. The third-order valence-electron chi connectivity index (χ3n) is 3.76. The third kappa shape index (κ3) is 3.63. The first kappa shape index (κ1) is 16.6. The van der Waals surface area contributed by atoms with Crippen LogP contribution in [0.2, 0.25) is 0 Å². The third-order valence-corrected chi connectivity index (χ3v) is 3.76. The Hall–Kier alpha value is -3.28. The topological polar surface area (TPSA) is 65.4 Å². The van der Waals surface area contributed by atoms with Crippen molar-refractivity contribution in [3.63, 3.8) is 0 Å². The fourth-order valence-electron chi connectivity index (χ4n) is 2.52. The number of hydrogen-bond donors (Lipinski definition) is 1. The zero-order valence-corrected chi connectivity index (χ0v) is 14.1. The number of rotatable bonds is 6. The Morgan fingerprint density at radius 2 is 1.88 bits per heavy atom. The normalized spacial score (nSPS) is 10.3. The van der Waals surface area contributed by atoms with Gasteiger partial charge in [0.1, 0.15) is 0 Å². The highest BCUT2D eigenvalue weighted by Crippen LogP contribution is 2.30. The second kappa shape index (κ2) is 7.53. The van der Waals surface area contributed by atoms with E-state index in [1.165, 1.54) is 14.2 Å². The molecule has 1 heterocycles. The molecule has 0 atom stereocenters. The Labute approximate surface area is 146 Å². The molecule has 0 fully saturated rings. The molecule has 0 aliphatic heterocycles. The van der Waals surface area contributed by atoms with Crippen molar-refractivity contribution in [2.45, 2.75) is 6.54 Å². The maximum Gasteiger partial charge on any atom is 0.255 e. The summed E-state index contributed by atoms with van der Waals surface area (Å²) in [5, 5.41) is 7.20. The lowest BCUT2D eigenvalue weighted by Crippen LogP contribution is -2.23. The lowest BCUT2D eigenvalue weighted by Gasteiger charge is -2.12. The first-order valence-electron chi connectivity index (χ1n) is 7.81. The van der Waals surface area contributed by atoms with E-state index in [0.29, 0.717) is 23.6 Å². The van der Waals surface area contributed by atoms with Gasteiger partial charge in [0, 0.05) is 18.3 Å². The van der Waals surface area contributed by atoms with Gasteiger partial charge in [-0.1, -0.05) is 24.3 Å². The molecule has 0 spiro atoms. The smallest absolute Gasteiger partial charge is 0.255 e. The standard InChI is InChI=1S/C19H19N3O3/c1-24-17-10-6-9-16(18(17)25-2)19(23)20-11-14-12-21-22(13-14)15-7-4-3-5-8-15/h3-10,12-13H,11H2,1-2H3,(H,20,23). The number of hydrogen-bond acceptors (Lipinski definition) is 4. The van der Waals surface area contributed by atoms with E-state index in [9.17, 15) is 4.79 Å². The summed E-state index contributed by atoms with van der Waals surface area (Å²) >= 11 is 0. The van der Waals surface area contributed by atoms with Crippen LogP contribution in [-0.2, 0) is 6.54 Å². The first-order chi connectivity index (χ1) is 12.2. The van der Waals surface area contributed by atoms with Gasteiger partial charge in [0.15, 0.2) is 11.5 Å². The van der Waals surface area contributed by atoms with Crippen LogP contribution in [0.1, 0.15) is 15.9 Å². The van der Waals surface area contributed by atoms with E-state index in [2.05, 4.69) is 10.4 Å². The summed E-state index contributed by atoms with van der Waals surface area (Å²) in [6.45, 7) is 0.367. The molecule has 1 aromatic heterocycles. The molecule has 0 radical (unpaired) electrons. The second-order valence-corrected chi connectivity index (χ2v) is 5.35. The molecule has 0 saturated heterocycles. The summed E-state index contributed by atoms with van der Waals surface area (Å²) in [5.74, 6) is 0.706. The van der Waals surface area contributed by atoms with Gasteiger partial charge in [0.05, 0.1) is 31.7 Å². The van der Waals surface area contributed by atoms with Crippen LogP contribution in [0.25, 0.3) is 5.69 Å². The highest BCUT2D eigenvalue weighted by Gasteiger charge is 2.16. The van der Waals surface area contributed by atoms with E-state index in [4.69, 9.17) is 9.47 Å². The summed E-state index contributed by atoms with van der Waals surface area (Å²) in [6.07, 6.45) is 3.62. The average Bonchev–Trinajstić information content (AvgIpc) is 3.15. The van der Waals surface area contributed by atoms with Crippen LogP contribution in [-0.4, -0.2) is 29.9 Å². The number of nitrogens with one attached hydrogen (secondary N) is 1. The van der Waals surface area contributed by atoms with Crippen molar-refractivity contribution in [3.05, 3.63) is 72.1 Å². The zero-order chi connectivity index (χ0) is 17.6. The molecule has 6 heteroatoms. The average molecular weight is 337 g/mol. The summed E-state index contributed by atoms with van der Waals surface area (Å²) in [5.41, 5.74) is 2.30. The van der Waals surface area contributed by atoms with Crippen molar-refractivity contribution in [2.75, 3.05) is 14.2 Å². The van der Waals surface area contributed by atoms with Gasteiger partial charge in [-0.3, -0.25) is 4.79 Å². The minimum absolute atomic E-state index is 0.233. The van der Waals surface area contributed by atoms with Gasteiger partial charge in [0.25, 0.3) is 5.91 Å². The van der Waals surface area contributed by atoms with Gasteiger partial charge in [-0.05, 0) is 24.3 Å². The fraction of sp³-hybridized carbons (Fsp3) is 0.158. The molecule has 3 rings (SSSR count). The molecule has 0 aliphatic carbocycles. The van der Waals surface area contributed by atoms with Crippen molar-refractivity contribution in [1.82, 2.24) is 15.1 Å². The van der Waals surface area contributed by atoms with Gasteiger partial charge in [0.2, 0.25) is 0 Å². The van der Waals surface area contributed by atoms with Crippen LogP contribution in [0, 0.1) is 0 Å². The molecular weight excluding hydrogens is 318 g/mol. The maximum absolute atomic E-state index is 12.5. The van der Waals surface area contributed by atoms with E-state index >= 15 is 0 Å². The molecule has 2 aromatic carbocycles. The summed E-state index contributed by atoms with van der Waals surface area (Å²) in [7, 11) is 3.05. The number of ether oxygens (including phenoxy) is 2. The predicted molar refractivity (Wildman–Crippen MR) is 94.3 cm³/mol.